The lowest BCUT2D eigenvalue weighted by Crippen LogP contribution is -2.38. The van der Waals surface area contributed by atoms with Crippen molar-refractivity contribution in [2.75, 3.05) is 26.8 Å². The summed E-state index contributed by atoms with van der Waals surface area (Å²) < 4.78 is 30.9. The van der Waals surface area contributed by atoms with E-state index in [9.17, 15) is 13.2 Å². The van der Waals surface area contributed by atoms with Gasteiger partial charge in [0, 0.05) is 25.6 Å². The van der Waals surface area contributed by atoms with Crippen LogP contribution < -0.4 is 15.4 Å². The van der Waals surface area contributed by atoms with Crippen molar-refractivity contribution in [2.24, 2.45) is 5.92 Å². The molecule has 0 spiro atoms. The molecule has 0 aliphatic carbocycles. The Morgan fingerprint density at radius 2 is 2.18 bits per heavy atom. The summed E-state index contributed by atoms with van der Waals surface area (Å²) in [6.07, 6.45) is 0.963. The molecule has 7 nitrogen and oxygen atoms in total. The normalized spacial score (nSPS) is 18.1. The monoisotopic (exact) mass is 327 g/mol. The lowest BCUT2D eigenvalue weighted by molar-refractivity contribution is 0.185. The lowest BCUT2D eigenvalue weighted by atomic mass is 10.1. The number of rotatable bonds is 6. The molecular weight excluding hydrogens is 306 g/mol. The van der Waals surface area contributed by atoms with Crippen LogP contribution in [0, 0.1) is 5.92 Å². The van der Waals surface area contributed by atoms with Crippen molar-refractivity contribution >= 4 is 16.1 Å². The number of carbonyl (C=O) groups is 1. The molecule has 1 atom stereocenters. The van der Waals surface area contributed by atoms with Gasteiger partial charge in [-0.15, -0.1) is 0 Å². The molecule has 1 aromatic rings. The topological polar surface area (TPSA) is 96.5 Å². The first-order valence-electron chi connectivity index (χ1n) is 7.13. The number of urea groups is 1. The lowest BCUT2D eigenvalue weighted by Gasteiger charge is -2.11. The summed E-state index contributed by atoms with van der Waals surface area (Å²) in [4.78, 5) is 11.9. The van der Waals surface area contributed by atoms with Crippen LogP contribution in [0.3, 0.4) is 0 Å². The van der Waals surface area contributed by atoms with Gasteiger partial charge in [-0.3, -0.25) is 0 Å². The van der Waals surface area contributed by atoms with Crippen LogP contribution in [0.4, 0.5) is 4.79 Å². The van der Waals surface area contributed by atoms with Gasteiger partial charge in [-0.1, -0.05) is 12.1 Å². The number of ether oxygens (including phenoxy) is 1. The second-order valence-corrected chi connectivity index (χ2v) is 7.03. The third kappa shape index (κ3) is 4.69. The second-order valence-electron chi connectivity index (χ2n) is 5.15. The number of amides is 2. The van der Waals surface area contributed by atoms with Gasteiger partial charge in [-0.05, 0) is 31.2 Å². The first kappa shape index (κ1) is 16.7. The molecular formula is C14H21N3O4S. The van der Waals surface area contributed by atoms with Gasteiger partial charge in [-0.2, -0.15) is 0 Å². The first-order valence-corrected chi connectivity index (χ1v) is 8.61. The smallest absolute Gasteiger partial charge is 0.315 e. The molecule has 0 bridgehead atoms. The Balaban J connectivity index is 1.83. The van der Waals surface area contributed by atoms with Crippen molar-refractivity contribution in [2.45, 2.75) is 17.9 Å². The minimum absolute atomic E-state index is 0.179. The number of nitrogens with one attached hydrogen (secondary N) is 3. The van der Waals surface area contributed by atoms with Crippen molar-refractivity contribution in [3.63, 3.8) is 0 Å². The second kappa shape index (κ2) is 7.57. The molecule has 0 unspecified atom stereocenters. The van der Waals surface area contributed by atoms with E-state index in [0.717, 1.165) is 18.6 Å². The summed E-state index contributed by atoms with van der Waals surface area (Å²) in [6, 6.07) is 6.19. The maximum atomic E-state index is 11.7. The molecule has 122 valence electrons. The fourth-order valence-corrected chi connectivity index (χ4v) is 2.97. The van der Waals surface area contributed by atoms with Gasteiger partial charge in [0.15, 0.2) is 0 Å². The molecule has 1 aromatic carbocycles. The Labute approximate surface area is 130 Å². The summed E-state index contributed by atoms with van der Waals surface area (Å²) in [5.41, 5.74) is 0.718. The Morgan fingerprint density at radius 3 is 2.86 bits per heavy atom. The van der Waals surface area contributed by atoms with Gasteiger partial charge in [0.05, 0.1) is 11.5 Å². The predicted molar refractivity (Wildman–Crippen MR) is 81.9 cm³/mol. The Bertz CT molecular complexity index is 612. The zero-order valence-electron chi connectivity index (χ0n) is 12.5. The van der Waals surface area contributed by atoms with Gasteiger partial charge in [0.1, 0.15) is 0 Å². The molecule has 1 aliphatic heterocycles. The maximum absolute atomic E-state index is 11.7. The van der Waals surface area contributed by atoms with E-state index in [-0.39, 0.29) is 17.5 Å². The molecule has 8 heteroatoms. The van der Waals surface area contributed by atoms with Crippen LogP contribution in [-0.4, -0.2) is 41.3 Å². The average Bonchev–Trinajstić information content (AvgIpc) is 3.04. The molecule has 1 heterocycles. The standard InChI is InChI=1S/C14H21N3O4S/c1-15-22(19,20)13-4-2-3-11(7-13)8-16-14(18)17-9-12-5-6-21-10-12/h2-4,7,12,15H,5-6,8-10H2,1H3,(H2,16,17,18)/t12-/m1/s1. The molecule has 3 N–H and O–H groups in total. The van der Waals surface area contributed by atoms with Crippen LogP contribution in [0.5, 0.6) is 0 Å². The van der Waals surface area contributed by atoms with Crippen LogP contribution >= 0.6 is 0 Å². The van der Waals surface area contributed by atoms with Gasteiger partial charge >= 0.3 is 6.03 Å². The molecule has 2 amide bonds. The fourth-order valence-electron chi connectivity index (χ4n) is 2.17. The summed E-state index contributed by atoms with van der Waals surface area (Å²) in [7, 11) is -2.11. The Morgan fingerprint density at radius 1 is 1.36 bits per heavy atom. The SMILES string of the molecule is CNS(=O)(=O)c1cccc(CNC(=O)NC[C@H]2CCOC2)c1. The number of hydrogen-bond donors (Lipinski definition) is 3. The van der Waals surface area contributed by atoms with Crippen molar-refractivity contribution < 1.29 is 17.9 Å². The summed E-state index contributed by atoms with van der Waals surface area (Å²) in [6.45, 7) is 2.28. The number of hydrogen-bond acceptors (Lipinski definition) is 4. The summed E-state index contributed by atoms with van der Waals surface area (Å²) >= 11 is 0. The van der Waals surface area contributed by atoms with Crippen LogP contribution in [-0.2, 0) is 21.3 Å². The highest BCUT2D eigenvalue weighted by molar-refractivity contribution is 7.89. The fraction of sp³-hybridized carbons (Fsp3) is 0.500. The third-order valence-corrected chi connectivity index (χ3v) is 4.92. The number of benzene rings is 1. The number of carbonyl (C=O) groups excluding carboxylic acids is 1. The molecule has 1 aliphatic rings. The Hall–Kier alpha value is -1.64. The van der Waals surface area contributed by atoms with E-state index in [1.807, 2.05) is 0 Å². The van der Waals surface area contributed by atoms with Crippen molar-refractivity contribution in [3.8, 4) is 0 Å². The zero-order chi connectivity index (χ0) is 16.0. The van der Waals surface area contributed by atoms with E-state index >= 15 is 0 Å². The molecule has 1 fully saturated rings. The van der Waals surface area contributed by atoms with E-state index in [1.165, 1.54) is 19.2 Å². The van der Waals surface area contributed by atoms with E-state index in [1.54, 1.807) is 12.1 Å². The highest BCUT2D eigenvalue weighted by Gasteiger charge is 2.16. The molecule has 22 heavy (non-hydrogen) atoms. The highest BCUT2D eigenvalue weighted by atomic mass is 32.2. The van der Waals surface area contributed by atoms with Crippen LogP contribution in [0.25, 0.3) is 0 Å². The minimum atomic E-state index is -3.47. The van der Waals surface area contributed by atoms with E-state index in [0.29, 0.717) is 19.1 Å². The average molecular weight is 327 g/mol. The van der Waals surface area contributed by atoms with E-state index in [2.05, 4.69) is 15.4 Å². The van der Waals surface area contributed by atoms with Crippen molar-refractivity contribution in [3.05, 3.63) is 29.8 Å². The minimum Gasteiger partial charge on any atom is -0.381 e. The largest absolute Gasteiger partial charge is 0.381 e. The quantitative estimate of drug-likeness (QED) is 0.706. The molecule has 0 saturated carbocycles. The van der Waals surface area contributed by atoms with Gasteiger partial charge < -0.3 is 15.4 Å². The van der Waals surface area contributed by atoms with Crippen LogP contribution in [0.2, 0.25) is 0 Å². The van der Waals surface area contributed by atoms with Crippen LogP contribution in [0.15, 0.2) is 29.2 Å². The van der Waals surface area contributed by atoms with E-state index < -0.39 is 10.0 Å². The highest BCUT2D eigenvalue weighted by Crippen LogP contribution is 2.11. The Kier molecular flexibility index (Phi) is 5.76. The zero-order valence-corrected chi connectivity index (χ0v) is 13.3. The predicted octanol–water partition coefficient (Wildman–Crippen LogP) is 0.430. The maximum Gasteiger partial charge on any atom is 0.315 e. The van der Waals surface area contributed by atoms with Crippen molar-refractivity contribution in [1.29, 1.82) is 0 Å². The number of sulfonamides is 1. The van der Waals surface area contributed by atoms with Crippen LogP contribution in [0.1, 0.15) is 12.0 Å². The molecule has 0 aromatic heterocycles. The van der Waals surface area contributed by atoms with Gasteiger partial charge in [0.2, 0.25) is 10.0 Å². The third-order valence-electron chi connectivity index (χ3n) is 3.51. The van der Waals surface area contributed by atoms with Gasteiger partial charge in [0.25, 0.3) is 0 Å². The van der Waals surface area contributed by atoms with Crippen molar-refractivity contribution in [1.82, 2.24) is 15.4 Å². The van der Waals surface area contributed by atoms with Gasteiger partial charge in [-0.25, -0.2) is 17.9 Å². The molecule has 2 rings (SSSR count). The molecule has 1 saturated heterocycles. The summed E-state index contributed by atoms with van der Waals surface area (Å²) in [5, 5.41) is 5.50. The first-order chi connectivity index (χ1) is 10.5. The summed E-state index contributed by atoms with van der Waals surface area (Å²) in [5.74, 6) is 0.370. The molecule has 0 radical (unpaired) electrons. The van der Waals surface area contributed by atoms with E-state index in [4.69, 9.17) is 4.74 Å².